The second-order valence-electron chi connectivity index (χ2n) is 5.87. The average Bonchev–Trinajstić information content (AvgIpc) is 2.97. The number of carbonyl (C=O) groups excluding carboxylic acids is 1. The highest BCUT2D eigenvalue weighted by Crippen LogP contribution is 2.44. The number of carbonyl (C=O) groups is 1. The number of para-hydroxylation sites is 1. The molecule has 6 heteroatoms. The van der Waals surface area contributed by atoms with Crippen molar-refractivity contribution in [3.8, 4) is 11.5 Å². The molecule has 3 rings (SSSR count). The van der Waals surface area contributed by atoms with Gasteiger partial charge in [-0.05, 0) is 19.9 Å². The molecule has 0 bridgehead atoms. The van der Waals surface area contributed by atoms with E-state index in [-0.39, 0.29) is 17.9 Å². The normalized spacial score (nSPS) is 16.9. The first kappa shape index (κ1) is 15.4. The summed E-state index contributed by atoms with van der Waals surface area (Å²) in [5.74, 6) is 1.98. The van der Waals surface area contributed by atoms with Gasteiger partial charge in [0.15, 0.2) is 11.5 Å². The van der Waals surface area contributed by atoms with Crippen LogP contribution in [-0.4, -0.2) is 29.9 Å². The van der Waals surface area contributed by atoms with Crippen molar-refractivity contribution in [2.45, 2.75) is 32.2 Å². The Balaban J connectivity index is 2.14. The molecular formula is C17H21N3O3. The first-order valence-corrected chi connectivity index (χ1v) is 7.65. The maximum Gasteiger partial charge on any atom is 0.226 e. The van der Waals surface area contributed by atoms with Crippen LogP contribution in [0, 0.1) is 0 Å². The van der Waals surface area contributed by atoms with Gasteiger partial charge in [0.25, 0.3) is 0 Å². The fourth-order valence-electron chi connectivity index (χ4n) is 3.09. The molecule has 1 amide bonds. The van der Waals surface area contributed by atoms with E-state index in [9.17, 15) is 4.79 Å². The van der Waals surface area contributed by atoms with Gasteiger partial charge in [-0.1, -0.05) is 12.1 Å². The minimum Gasteiger partial charge on any atom is -0.493 e. The molecule has 1 atom stereocenters. The van der Waals surface area contributed by atoms with Gasteiger partial charge in [-0.25, -0.2) is 4.68 Å². The third-order valence-electron chi connectivity index (χ3n) is 4.14. The maximum atomic E-state index is 12.2. The van der Waals surface area contributed by atoms with Gasteiger partial charge in [-0.3, -0.25) is 4.79 Å². The number of aromatic nitrogens is 2. The number of fused-ring (bicyclic) bond motifs is 1. The molecule has 1 aliphatic heterocycles. The van der Waals surface area contributed by atoms with Crippen LogP contribution in [-0.2, 0) is 4.79 Å². The van der Waals surface area contributed by atoms with E-state index in [1.807, 2.05) is 42.9 Å². The smallest absolute Gasteiger partial charge is 0.226 e. The second kappa shape index (κ2) is 5.95. The zero-order valence-electron chi connectivity index (χ0n) is 13.8. The van der Waals surface area contributed by atoms with Crippen molar-refractivity contribution in [1.82, 2.24) is 9.78 Å². The molecular weight excluding hydrogens is 294 g/mol. The number of benzene rings is 1. The highest BCUT2D eigenvalue weighted by molar-refractivity contribution is 5.94. The molecule has 6 nitrogen and oxygen atoms in total. The zero-order chi connectivity index (χ0) is 16.6. The molecule has 1 N–H and O–H groups in total. The first-order chi connectivity index (χ1) is 11.1. The fraction of sp³-hybridized carbons (Fsp3) is 0.412. The molecule has 122 valence electrons. The van der Waals surface area contributed by atoms with Crippen molar-refractivity contribution in [3.63, 3.8) is 0 Å². The molecule has 0 radical (unpaired) electrons. The van der Waals surface area contributed by atoms with E-state index in [4.69, 9.17) is 9.47 Å². The molecule has 2 aromatic rings. The average molecular weight is 315 g/mol. The molecule has 1 aliphatic rings. The van der Waals surface area contributed by atoms with E-state index < -0.39 is 0 Å². The number of hydrogen-bond donors (Lipinski definition) is 1. The Kier molecular flexibility index (Phi) is 3.98. The Hall–Kier alpha value is -2.50. The third-order valence-corrected chi connectivity index (χ3v) is 4.14. The number of anilines is 1. The monoisotopic (exact) mass is 315 g/mol. The molecule has 23 heavy (non-hydrogen) atoms. The van der Waals surface area contributed by atoms with Gasteiger partial charge in [0.1, 0.15) is 5.82 Å². The number of ether oxygens (including phenoxy) is 2. The number of hydrogen-bond acceptors (Lipinski definition) is 4. The van der Waals surface area contributed by atoms with E-state index in [2.05, 4.69) is 10.4 Å². The first-order valence-electron chi connectivity index (χ1n) is 7.65. The van der Waals surface area contributed by atoms with Crippen molar-refractivity contribution in [1.29, 1.82) is 0 Å². The molecule has 0 aliphatic carbocycles. The second-order valence-corrected chi connectivity index (χ2v) is 5.87. The van der Waals surface area contributed by atoms with E-state index in [1.54, 1.807) is 14.2 Å². The molecule has 1 aromatic heterocycles. The van der Waals surface area contributed by atoms with Crippen molar-refractivity contribution in [3.05, 3.63) is 35.5 Å². The molecule has 0 spiro atoms. The van der Waals surface area contributed by atoms with Gasteiger partial charge in [-0.2, -0.15) is 5.10 Å². The summed E-state index contributed by atoms with van der Waals surface area (Å²) in [4.78, 5) is 12.2. The number of methoxy groups -OCH3 is 2. The van der Waals surface area contributed by atoms with Crippen molar-refractivity contribution in [2.24, 2.45) is 0 Å². The number of nitrogens with one attached hydrogen (secondary N) is 1. The summed E-state index contributed by atoms with van der Waals surface area (Å²) >= 11 is 0. The summed E-state index contributed by atoms with van der Waals surface area (Å²) in [7, 11) is 3.22. The highest BCUT2D eigenvalue weighted by atomic mass is 16.5. The molecule has 0 saturated carbocycles. The highest BCUT2D eigenvalue weighted by Gasteiger charge is 2.32. The lowest BCUT2D eigenvalue weighted by atomic mass is 9.86. The quantitative estimate of drug-likeness (QED) is 0.942. The summed E-state index contributed by atoms with van der Waals surface area (Å²) in [5, 5.41) is 7.38. The Morgan fingerprint density at radius 1 is 1.26 bits per heavy atom. The summed E-state index contributed by atoms with van der Waals surface area (Å²) < 4.78 is 12.8. The van der Waals surface area contributed by atoms with Crippen LogP contribution in [0.5, 0.6) is 11.5 Å². The fourth-order valence-corrected chi connectivity index (χ4v) is 3.09. The third kappa shape index (κ3) is 2.54. The topological polar surface area (TPSA) is 65.4 Å². The summed E-state index contributed by atoms with van der Waals surface area (Å²) in [5.41, 5.74) is 1.94. The summed E-state index contributed by atoms with van der Waals surface area (Å²) in [6, 6.07) is 5.91. The Labute approximate surface area is 135 Å². The maximum absolute atomic E-state index is 12.2. The molecule has 2 heterocycles. The van der Waals surface area contributed by atoms with E-state index in [0.717, 1.165) is 16.9 Å². The van der Waals surface area contributed by atoms with E-state index >= 15 is 0 Å². The van der Waals surface area contributed by atoms with Gasteiger partial charge in [0, 0.05) is 29.5 Å². The Morgan fingerprint density at radius 3 is 2.70 bits per heavy atom. The molecule has 1 aromatic carbocycles. The minimum absolute atomic E-state index is 0.0187. The predicted molar refractivity (Wildman–Crippen MR) is 87.2 cm³/mol. The minimum atomic E-state index is -0.101. The predicted octanol–water partition coefficient (Wildman–Crippen LogP) is 2.96. The van der Waals surface area contributed by atoms with Crippen LogP contribution in [0.1, 0.15) is 43.4 Å². The molecule has 0 unspecified atom stereocenters. The molecule has 0 saturated heterocycles. The molecule has 0 fully saturated rings. The lowest BCUT2D eigenvalue weighted by Gasteiger charge is -2.26. The van der Waals surface area contributed by atoms with Crippen LogP contribution >= 0.6 is 0 Å². The van der Waals surface area contributed by atoms with E-state index in [0.29, 0.717) is 17.9 Å². The van der Waals surface area contributed by atoms with E-state index in [1.165, 1.54) is 0 Å². The summed E-state index contributed by atoms with van der Waals surface area (Å²) in [6.45, 7) is 4.07. The van der Waals surface area contributed by atoms with Crippen LogP contribution in [0.3, 0.4) is 0 Å². The SMILES string of the molecule is COc1cccc([C@@H]2CC(=O)Nc3c2cnn3C(C)C)c1OC. The van der Waals surface area contributed by atoms with Gasteiger partial charge < -0.3 is 14.8 Å². The van der Waals surface area contributed by atoms with Gasteiger partial charge >= 0.3 is 0 Å². The van der Waals surface area contributed by atoms with Crippen LogP contribution in [0.15, 0.2) is 24.4 Å². The largest absolute Gasteiger partial charge is 0.493 e. The van der Waals surface area contributed by atoms with Crippen molar-refractivity contribution < 1.29 is 14.3 Å². The van der Waals surface area contributed by atoms with Crippen LogP contribution in [0.25, 0.3) is 0 Å². The van der Waals surface area contributed by atoms with Crippen LogP contribution < -0.4 is 14.8 Å². The van der Waals surface area contributed by atoms with Crippen LogP contribution in [0.2, 0.25) is 0 Å². The number of rotatable bonds is 4. The Morgan fingerprint density at radius 2 is 2.04 bits per heavy atom. The number of amides is 1. The lowest BCUT2D eigenvalue weighted by molar-refractivity contribution is -0.116. The Bertz CT molecular complexity index is 737. The lowest BCUT2D eigenvalue weighted by Crippen LogP contribution is -2.25. The van der Waals surface area contributed by atoms with Crippen LogP contribution in [0.4, 0.5) is 5.82 Å². The van der Waals surface area contributed by atoms with Gasteiger partial charge in [0.05, 0.1) is 20.4 Å². The van der Waals surface area contributed by atoms with Gasteiger partial charge in [-0.15, -0.1) is 0 Å². The zero-order valence-corrected chi connectivity index (χ0v) is 13.8. The van der Waals surface area contributed by atoms with Crippen molar-refractivity contribution in [2.75, 3.05) is 19.5 Å². The number of nitrogens with zero attached hydrogens (tertiary/aromatic N) is 2. The standard InChI is InChI=1S/C17H21N3O3/c1-10(2)20-17-13(9-18-20)12(8-15(21)19-17)11-6-5-7-14(22-3)16(11)23-4/h5-7,9-10,12H,8H2,1-4H3,(H,19,21)/t12-/m0/s1. The summed E-state index contributed by atoms with van der Waals surface area (Å²) in [6.07, 6.45) is 2.19. The van der Waals surface area contributed by atoms with Crippen molar-refractivity contribution >= 4 is 11.7 Å². The van der Waals surface area contributed by atoms with Gasteiger partial charge in [0.2, 0.25) is 5.91 Å².